The third kappa shape index (κ3) is 5.20. The zero-order valence-electron chi connectivity index (χ0n) is 17.6. The molecule has 0 aliphatic heterocycles. The summed E-state index contributed by atoms with van der Waals surface area (Å²) in [4.78, 5) is 12.5. The molecule has 2 bridgehead atoms. The summed E-state index contributed by atoms with van der Waals surface area (Å²) >= 11 is 11.6. The lowest BCUT2D eigenvalue weighted by Crippen LogP contribution is -2.67. The van der Waals surface area contributed by atoms with Gasteiger partial charge in [-0.05, 0) is 61.9 Å². The first-order chi connectivity index (χ1) is 15.3. The quantitative estimate of drug-likeness (QED) is 0.573. The van der Waals surface area contributed by atoms with Crippen LogP contribution in [-0.2, 0) is 16.0 Å². The lowest BCUT2D eigenvalue weighted by molar-refractivity contribution is -0.170. The fraction of sp³-hybridized carbons (Fsp3) is 0.458. The van der Waals surface area contributed by atoms with Crippen molar-refractivity contribution < 1.29 is 23.8 Å². The maximum absolute atomic E-state index is 13.5. The van der Waals surface area contributed by atoms with Gasteiger partial charge in [-0.15, -0.1) is 0 Å². The minimum absolute atomic E-state index is 0.00732. The average molecular weight is 482 g/mol. The van der Waals surface area contributed by atoms with Crippen LogP contribution >= 0.6 is 23.2 Å². The summed E-state index contributed by atoms with van der Waals surface area (Å²) in [6.07, 6.45) is 3.38. The number of aliphatic hydroxyl groups excluding tert-OH is 1. The fourth-order valence-electron chi connectivity index (χ4n) is 4.71. The number of amides is 1. The van der Waals surface area contributed by atoms with Gasteiger partial charge in [-0.25, -0.2) is 4.39 Å². The van der Waals surface area contributed by atoms with Gasteiger partial charge >= 0.3 is 0 Å². The molecule has 0 spiro atoms. The van der Waals surface area contributed by atoms with Crippen molar-refractivity contribution in [2.75, 3.05) is 13.2 Å². The molecule has 8 heteroatoms. The van der Waals surface area contributed by atoms with Crippen molar-refractivity contribution >= 4 is 29.1 Å². The first kappa shape index (κ1) is 23.3. The second kappa shape index (κ2) is 9.56. The normalized spacial score (nSPS) is 26.7. The van der Waals surface area contributed by atoms with Crippen molar-refractivity contribution in [3.05, 3.63) is 63.9 Å². The summed E-state index contributed by atoms with van der Waals surface area (Å²) in [6, 6.07) is 11.7. The Morgan fingerprint density at radius 3 is 2.50 bits per heavy atom. The first-order valence-electron chi connectivity index (χ1n) is 10.7. The summed E-state index contributed by atoms with van der Waals surface area (Å²) in [5.74, 6) is -0.733. The average Bonchev–Trinajstić information content (AvgIpc) is 2.77. The molecule has 5 nitrogen and oxygen atoms in total. The summed E-state index contributed by atoms with van der Waals surface area (Å²) in [7, 11) is 0. The molecule has 1 unspecified atom stereocenters. The SMILES string of the molecule is O=C(COc1ccc(Cl)c(F)c1)NC12CCC(OCCc3ccc(Cl)cc3)(CC1)CC2O. The molecular formula is C24H26Cl2FNO4. The second-order valence-corrected chi connectivity index (χ2v) is 9.54. The van der Waals surface area contributed by atoms with E-state index in [0.717, 1.165) is 30.9 Å². The minimum atomic E-state index is -0.697. The van der Waals surface area contributed by atoms with Gasteiger partial charge in [0, 0.05) is 17.5 Å². The van der Waals surface area contributed by atoms with Crippen LogP contribution in [0, 0.1) is 5.82 Å². The predicted molar refractivity (Wildman–Crippen MR) is 121 cm³/mol. The van der Waals surface area contributed by atoms with Gasteiger partial charge in [0.05, 0.1) is 28.9 Å². The van der Waals surface area contributed by atoms with E-state index >= 15 is 0 Å². The molecule has 3 saturated carbocycles. The molecule has 3 aliphatic rings. The van der Waals surface area contributed by atoms with E-state index in [9.17, 15) is 14.3 Å². The van der Waals surface area contributed by atoms with Crippen LogP contribution in [0.1, 0.15) is 37.7 Å². The number of halogens is 3. The third-order valence-corrected chi connectivity index (χ3v) is 7.18. The number of fused-ring (bicyclic) bond motifs is 3. The van der Waals surface area contributed by atoms with E-state index < -0.39 is 17.5 Å². The Hall–Kier alpha value is -1.86. The van der Waals surface area contributed by atoms with Gasteiger partial charge in [-0.1, -0.05) is 35.3 Å². The number of ether oxygens (including phenoxy) is 2. The summed E-state index contributed by atoms with van der Waals surface area (Å²) in [6.45, 7) is 0.303. The van der Waals surface area contributed by atoms with Crippen LogP contribution in [0.15, 0.2) is 42.5 Å². The Morgan fingerprint density at radius 1 is 1.12 bits per heavy atom. The number of nitrogens with one attached hydrogen (secondary N) is 1. The molecule has 5 rings (SSSR count). The Morgan fingerprint density at radius 2 is 1.84 bits per heavy atom. The molecular weight excluding hydrogens is 456 g/mol. The van der Waals surface area contributed by atoms with E-state index in [1.165, 1.54) is 12.1 Å². The van der Waals surface area contributed by atoms with Gasteiger partial charge in [0.1, 0.15) is 11.6 Å². The molecule has 172 valence electrons. The van der Waals surface area contributed by atoms with Crippen LogP contribution in [0.5, 0.6) is 5.75 Å². The summed E-state index contributed by atoms with van der Waals surface area (Å²) < 4.78 is 25.2. The number of carbonyl (C=O) groups is 1. The largest absolute Gasteiger partial charge is 0.484 e. The van der Waals surface area contributed by atoms with Crippen LogP contribution in [0.3, 0.4) is 0 Å². The van der Waals surface area contributed by atoms with Gasteiger partial charge in [-0.3, -0.25) is 4.79 Å². The van der Waals surface area contributed by atoms with E-state index in [1.54, 1.807) is 0 Å². The Labute approximate surface area is 196 Å². The zero-order chi connectivity index (χ0) is 22.8. The van der Waals surface area contributed by atoms with Crippen molar-refractivity contribution in [3.8, 4) is 5.75 Å². The molecule has 0 radical (unpaired) electrons. The van der Waals surface area contributed by atoms with Crippen molar-refractivity contribution in [2.45, 2.75) is 55.8 Å². The lowest BCUT2D eigenvalue weighted by Gasteiger charge is -2.55. The molecule has 3 aliphatic carbocycles. The van der Waals surface area contributed by atoms with Crippen molar-refractivity contribution in [1.82, 2.24) is 5.32 Å². The monoisotopic (exact) mass is 481 g/mol. The zero-order valence-corrected chi connectivity index (χ0v) is 19.1. The van der Waals surface area contributed by atoms with Crippen molar-refractivity contribution in [1.29, 1.82) is 0 Å². The Balaban J connectivity index is 1.27. The maximum atomic E-state index is 13.5. The highest BCUT2D eigenvalue weighted by atomic mass is 35.5. The topological polar surface area (TPSA) is 67.8 Å². The summed E-state index contributed by atoms with van der Waals surface area (Å²) in [5, 5.41) is 14.5. The van der Waals surface area contributed by atoms with E-state index in [-0.39, 0.29) is 28.9 Å². The van der Waals surface area contributed by atoms with Gasteiger partial charge in [0.15, 0.2) is 6.61 Å². The van der Waals surface area contributed by atoms with E-state index in [2.05, 4.69) is 5.32 Å². The molecule has 32 heavy (non-hydrogen) atoms. The van der Waals surface area contributed by atoms with Gasteiger partial charge in [0.25, 0.3) is 5.91 Å². The number of benzene rings is 2. The van der Waals surface area contributed by atoms with Gasteiger partial charge < -0.3 is 19.9 Å². The van der Waals surface area contributed by atoms with Gasteiger partial charge in [-0.2, -0.15) is 0 Å². The molecule has 1 amide bonds. The van der Waals surface area contributed by atoms with Crippen molar-refractivity contribution in [3.63, 3.8) is 0 Å². The summed E-state index contributed by atoms with van der Waals surface area (Å²) in [5.41, 5.74) is 0.128. The van der Waals surface area contributed by atoms with Crippen LogP contribution in [0.2, 0.25) is 10.0 Å². The lowest BCUT2D eigenvalue weighted by atomic mass is 9.61. The smallest absolute Gasteiger partial charge is 0.258 e. The van der Waals surface area contributed by atoms with Crippen LogP contribution < -0.4 is 10.1 Å². The highest BCUT2D eigenvalue weighted by molar-refractivity contribution is 6.30. The molecule has 0 aromatic heterocycles. The molecule has 1 atom stereocenters. The third-order valence-electron chi connectivity index (χ3n) is 6.62. The number of hydrogen-bond acceptors (Lipinski definition) is 4. The molecule has 0 heterocycles. The Bertz CT molecular complexity index is 961. The minimum Gasteiger partial charge on any atom is -0.484 e. The van der Waals surface area contributed by atoms with E-state index in [4.69, 9.17) is 32.7 Å². The standard InChI is InChI=1S/C24H26Cl2FNO4/c25-17-3-1-16(2-4-17)7-12-32-23-8-10-24(11-9-23,21(29)14-23)28-22(30)15-31-18-5-6-19(26)20(27)13-18/h1-6,13,21,29H,7-12,14-15H2,(H,28,30). The first-order valence-corrected chi connectivity index (χ1v) is 11.5. The number of hydrogen-bond donors (Lipinski definition) is 2. The Kier molecular flexibility index (Phi) is 6.96. The second-order valence-electron chi connectivity index (χ2n) is 8.70. The highest BCUT2D eigenvalue weighted by Gasteiger charge is 2.55. The van der Waals surface area contributed by atoms with Gasteiger partial charge in [0.2, 0.25) is 0 Å². The number of aliphatic hydroxyl groups is 1. The van der Waals surface area contributed by atoms with Crippen LogP contribution in [0.4, 0.5) is 4.39 Å². The molecule has 2 N–H and O–H groups in total. The fourth-order valence-corrected chi connectivity index (χ4v) is 4.96. The van der Waals surface area contributed by atoms with E-state index in [1.807, 2.05) is 24.3 Å². The molecule has 2 aromatic carbocycles. The van der Waals surface area contributed by atoms with Crippen LogP contribution in [0.25, 0.3) is 0 Å². The number of rotatable bonds is 8. The maximum Gasteiger partial charge on any atom is 0.258 e. The highest BCUT2D eigenvalue weighted by Crippen LogP contribution is 2.49. The molecule has 2 aromatic rings. The van der Waals surface area contributed by atoms with Crippen molar-refractivity contribution in [2.24, 2.45) is 0 Å². The predicted octanol–water partition coefficient (Wildman–Crippen LogP) is 4.70. The molecule has 0 saturated heterocycles. The molecule has 3 fully saturated rings. The van der Waals surface area contributed by atoms with E-state index in [0.29, 0.717) is 30.9 Å². The van der Waals surface area contributed by atoms with Crippen LogP contribution in [-0.4, -0.2) is 41.5 Å². The number of carbonyl (C=O) groups excluding carboxylic acids is 1.